The lowest BCUT2D eigenvalue weighted by Gasteiger charge is -2.16. The van der Waals surface area contributed by atoms with E-state index in [1.165, 1.54) is 11.1 Å². The van der Waals surface area contributed by atoms with E-state index < -0.39 is 0 Å². The number of nitrogens with one attached hydrogen (secondary N) is 1. The van der Waals surface area contributed by atoms with E-state index in [4.69, 9.17) is 18.0 Å². The van der Waals surface area contributed by atoms with Crippen LogP contribution in [0.1, 0.15) is 16.1 Å². The Morgan fingerprint density at radius 1 is 1.33 bits per heavy atom. The number of hydrogen-bond donors (Lipinski definition) is 2. The van der Waals surface area contributed by atoms with E-state index in [-0.39, 0.29) is 5.91 Å². The SMILES string of the molecule is CN(C(=O)c1ccn[nH]1)c1ccc(C(N)=S)cc1. The summed E-state index contributed by atoms with van der Waals surface area (Å²) in [5, 5.41) is 6.39. The molecule has 0 radical (unpaired) electrons. The van der Waals surface area contributed by atoms with Gasteiger partial charge in [-0.25, -0.2) is 0 Å². The molecule has 0 spiro atoms. The largest absolute Gasteiger partial charge is 0.389 e. The van der Waals surface area contributed by atoms with E-state index in [9.17, 15) is 4.79 Å². The standard InChI is InChI=1S/C12H12N4OS/c1-16(12(17)10-6-7-14-15-10)9-4-2-8(3-5-9)11(13)18/h2-7H,1H3,(H2,13,18)(H,14,15). The molecule has 1 aromatic heterocycles. The predicted molar refractivity (Wildman–Crippen MR) is 73.7 cm³/mol. The first-order valence-electron chi connectivity index (χ1n) is 5.27. The number of H-pyrrole nitrogens is 1. The maximum absolute atomic E-state index is 12.0. The second-order valence-corrected chi connectivity index (χ2v) is 4.19. The Kier molecular flexibility index (Phi) is 3.38. The Bertz CT molecular complexity index is 562. The van der Waals surface area contributed by atoms with Crippen LogP contribution >= 0.6 is 12.2 Å². The smallest absolute Gasteiger partial charge is 0.276 e. The van der Waals surface area contributed by atoms with Gasteiger partial charge in [-0.05, 0) is 30.3 Å². The third-order valence-electron chi connectivity index (χ3n) is 2.57. The number of aromatic nitrogens is 2. The molecule has 0 fully saturated rings. The van der Waals surface area contributed by atoms with Crippen molar-refractivity contribution in [1.29, 1.82) is 0 Å². The molecule has 0 aliphatic heterocycles. The van der Waals surface area contributed by atoms with Crippen molar-refractivity contribution in [2.75, 3.05) is 11.9 Å². The van der Waals surface area contributed by atoms with Gasteiger partial charge in [0.1, 0.15) is 10.7 Å². The number of nitrogens with two attached hydrogens (primary N) is 1. The van der Waals surface area contributed by atoms with Gasteiger partial charge in [-0.15, -0.1) is 0 Å². The summed E-state index contributed by atoms with van der Waals surface area (Å²) in [5.41, 5.74) is 7.49. The molecule has 0 saturated heterocycles. The first-order valence-corrected chi connectivity index (χ1v) is 5.67. The summed E-state index contributed by atoms with van der Waals surface area (Å²) in [6.45, 7) is 0. The fraction of sp³-hybridized carbons (Fsp3) is 0.0833. The van der Waals surface area contributed by atoms with Gasteiger partial charge in [0.15, 0.2) is 0 Å². The molecule has 6 heteroatoms. The van der Waals surface area contributed by atoms with Gasteiger partial charge in [0.05, 0.1) is 0 Å². The quantitative estimate of drug-likeness (QED) is 0.816. The second-order valence-electron chi connectivity index (χ2n) is 3.75. The van der Waals surface area contributed by atoms with Gasteiger partial charge in [0.2, 0.25) is 0 Å². The number of hydrogen-bond acceptors (Lipinski definition) is 3. The van der Waals surface area contributed by atoms with Gasteiger partial charge in [0.25, 0.3) is 5.91 Å². The Morgan fingerprint density at radius 2 is 2.00 bits per heavy atom. The summed E-state index contributed by atoms with van der Waals surface area (Å²) >= 11 is 4.87. The van der Waals surface area contributed by atoms with Gasteiger partial charge in [-0.2, -0.15) is 5.10 Å². The molecule has 1 aromatic carbocycles. The number of amides is 1. The lowest BCUT2D eigenvalue weighted by Crippen LogP contribution is -2.26. The fourth-order valence-corrected chi connectivity index (χ4v) is 1.66. The van der Waals surface area contributed by atoms with E-state index in [0.29, 0.717) is 10.7 Å². The first kappa shape index (κ1) is 12.3. The molecule has 92 valence electrons. The molecule has 1 heterocycles. The molecule has 0 unspecified atom stereocenters. The number of nitrogens with zero attached hydrogens (tertiary/aromatic N) is 2. The average molecular weight is 260 g/mol. The van der Waals surface area contributed by atoms with Crippen molar-refractivity contribution in [2.24, 2.45) is 5.73 Å². The van der Waals surface area contributed by atoms with E-state index in [1.807, 2.05) is 0 Å². The molecule has 18 heavy (non-hydrogen) atoms. The minimum absolute atomic E-state index is 0.157. The lowest BCUT2D eigenvalue weighted by molar-refractivity contribution is 0.0988. The van der Waals surface area contributed by atoms with Crippen LogP contribution in [0.3, 0.4) is 0 Å². The van der Waals surface area contributed by atoms with E-state index in [2.05, 4.69) is 10.2 Å². The molecule has 0 saturated carbocycles. The van der Waals surface area contributed by atoms with Gasteiger partial charge in [-0.3, -0.25) is 9.89 Å². The minimum atomic E-state index is -0.157. The number of thiocarbonyl (C=S) groups is 1. The second kappa shape index (κ2) is 4.97. The normalized spacial score (nSPS) is 10.1. The Labute approximate surface area is 110 Å². The minimum Gasteiger partial charge on any atom is -0.389 e. The molecular weight excluding hydrogens is 248 g/mol. The first-order chi connectivity index (χ1) is 8.59. The van der Waals surface area contributed by atoms with Crippen LogP contribution in [0.15, 0.2) is 36.5 Å². The van der Waals surface area contributed by atoms with Crippen molar-refractivity contribution in [2.45, 2.75) is 0 Å². The summed E-state index contributed by atoms with van der Waals surface area (Å²) in [4.78, 5) is 13.9. The molecule has 1 amide bonds. The molecule has 0 aliphatic carbocycles. The van der Waals surface area contributed by atoms with Crippen LogP contribution < -0.4 is 10.6 Å². The highest BCUT2D eigenvalue weighted by molar-refractivity contribution is 7.80. The van der Waals surface area contributed by atoms with Crippen molar-refractivity contribution in [3.63, 3.8) is 0 Å². The van der Waals surface area contributed by atoms with Crippen molar-refractivity contribution in [3.05, 3.63) is 47.8 Å². The maximum Gasteiger partial charge on any atom is 0.276 e. The third-order valence-corrected chi connectivity index (χ3v) is 2.81. The summed E-state index contributed by atoms with van der Waals surface area (Å²) in [5.74, 6) is -0.157. The lowest BCUT2D eigenvalue weighted by atomic mass is 10.2. The van der Waals surface area contributed by atoms with Crippen LogP contribution in [0.2, 0.25) is 0 Å². The highest BCUT2D eigenvalue weighted by atomic mass is 32.1. The third kappa shape index (κ3) is 2.38. The van der Waals surface area contributed by atoms with Crippen molar-refractivity contribution < 1.29 is 4.79 Å². The van der Waals surface area contributed by atoms with Gasteiger partial charge < -0.3 is 10.6 Å². The molecule has 3 N–H and O–H groups in total. The molecular formula is C12H12N4OS. The Balaban J connectivity index is 2.21. The molecule has 0 bridgehead atoms. The van der Waals surface area contributed by atoms with Crippen LogP contribution in [0, 0.1) is 0 Å². The molecule has 2 rings (SSSR count). The van der Waals surface area contributed by atoms with Gasteiger partial charge in [-0.1, -0.05) is 12.2 Å². The fourth-order valence-electron chi connectivity index (χ4n) is 1.52. The number of benzene rings is 1. The molecule has 5 nitrogen and oxygen atoms in total. The molecule has 0 aliphatic rings. The zero-order chi connectivity index (χ0) is 13.1. The van der Waals surface area contributed by atoms with E-state index >= 15 is 0 Å². The number of carbonyl (C=O) groups is 1. The van der Waals surface area contributed by atoms with Crippen LogP contribution in [-0.2, 0) is 0 Å². The molecule has 0 atom stereocenters. The van der Waals surface area contributed by atoms with Crippen molar-refractivity contribution >= 4 is 28.8 Å². The van der Waals surface area contributed by atoms with E-state index in [1.54, 1.807) is 37.4 Å². The van der Waals surface area contributed by atoms with Crippen LogP contribution in [-0.4, -0.2) is 28.1 Å². The Hall–Kier alpha value is -2.21. The van der Waals surface area contributed by atoms with Crippen LogP contribution in [0.25, 0.3) is 0 Å². The zero-order valence-corrected chi connectivity index (χ0v) is 10.6. The zero-order valence-electron chi connectivity index (χ0n) is 9.75. The molecule has 2 aromatic rings. The average Bonchev–Trinajstić information content (AvgIpc) is 2.91. The van der Waals surface area contributed by atoms with Crippen molar-refractivity contribution in [3.8, 4) is 0 Å². The summed E-state index contributed by atoms with van der Waals surface area (Å²) in [6.07, 6.45) is 1.54. The predicted octanol–water partition coefficient (Wildman–Crippen LogP) is 1.32. The monoisotopic (exact) mass is 260 g/mol. The number of anilines is 1. The highest BCUT2D eigenvalue weighted by Crippen LogP contribution is 2.15. The van der Waals surface area contributed by atoms with Gasteiger partial charge >= 0.3 is 0 Å². The van der Waals surface area contributed by atoms with Crippen LogP contribution in [0.5, 0.6) is 0 Å². The summed E-state index contributed by atoms with van der Waals surface area (Å²) in [7, 11) is 1.69. The van der Waals surface area contributed by atoms with Crippen molar-refractivity contribution in [1.82, 2.24) is 10.2 Å². The number of carbonyl (C=O) groups excluding carboxylic acids is 1. The van der Waals surface area contributed by atoms with E-state index in [0.717, 1.165) is 11.3 Å². The summed E-state index contributed by atoms with van der Waals surface area (Å²) < 4.78 is 0. The topological polar surface area (TPSA) is 75.0 Å². The van der Waals surface area contributed by atoms with Gasteiger partial charge in [0, 0.05) is 24.5 Å². The number of rotatable bonds is 3. The highest BCUT2D eigenvalue weighted by Gasteiger charge is 2.14. The summed E-state index contributed by atoms with van der Waals surface area (Å²) in [6, 6.07) is 8.79. The number of aromatic amines is 1. The maximum atomic E-state index is 12.0. The Morgan fingerprint density at radius 3 is 2.50 bits per heavy atom. The van der Waals surface area contributed by atoms with Crippen LogP contribution in [0.4, 0.5) is 5.69 Å².